The Labute approximate surface area is 226 Å². The third-order valence-electron chi connectivity index (χ3n) is 8.14. The molecule has 37 heavy (non-hydrogen) atoms. The van der Waals surface area contributed by atoms with E-state index in [0.717, 1.165) is 42.2 Å². The number of carbonyl (C=O) groups excluding carboxylic acids is 1. The summed E-state index contributed by atoms with van der Waals surface area (Å²) in [4.78, 5) is 28.0. The van der Waals surface area contributed by atoms with Crippen LogP contribution < -0.4 is 10.4 Å². The second-order valence-electron chi connectivity index (χ2n) is 10.4. The zero-order valence-electron chi connectivity index (χ0n) is 21.1. The molecule has 2 heterocycles. The summed E-state index contributed by atoms with van der Waals surface area (Å²) in [5, 5.41) is 12.7. The number of likely N-dealkylation sites (tertiary alicyclic amines) is 1. The molecule has 1 saturated heterocycles. The van der Waals surface area contributed by atoms with Gasteiger partial charge in [0.2, 0.25) is 5.91 Å². The molecule has 196 valence electrons. The van der Waals surface area contributed by atoms with Crippen LogP contribution in [-0.4, -0.2) is 34.6 Å². The van der Waals surface area contributed by atoms with E-state index in [2.05, 4.69) is 0 Å². The minimum Gasteiger partial charge on any atom is -0.488 e. The molecule has 0 bridgehead atoms. The molecule has 3 aromatic rings. The van der Waals surface area contributed by atoms with Gasteiger partial charge in [0.05, 0.1) is 27.6 Å². The summed E-state index contributed by atoms with van der Waals surface area (Å²) in [5.74, 6) is 0.608. The number of amides is 1. The normalized spacial score (nSPS) is 21.6. The molecular formula is C29H31Cl2NO5. The maximum absolute atomic E-state index is 13.2. The Bertz CT molecular complexity index is 1420. The molecule has 5 rings (SSSR count). The van der Waals surface area contributed by atoms with Crippen LogP contribution in [0, 0.1) is 19.8 Å². The number of piperidine rings is 1. The number of carbonyl (C=O) groups is 1. The molecule has 1 aliphatic carbocycles. The van der Waals surface area contributed by atoms with Crippen LogP contribution >= 0.6 is 23.2 Å². The Morgan fingerprint density at radius 1 is 1.14 bits per heavy atom. The molecule has 6 nitrogen and oxygen atoms in total. The zero-order valence-corrected chi connectivity index (χ0v) is 22.6. The van der Waals surface area contributed by atoms with Gasteiger partial charge in [-0.15, -0.1) is 0 Å². The quantitative estimate of drug-likeness (QED) is 0.399. The number of nitrogens with zero attached hydrogens (tertiary/aromatic N) is 1. The maximum atomic E-state index is 13.2. The minimum atomic E-state index is -0.649. The maximum Gasteiger partial charge on any atom is 0.340 e. The van der Waals surface area contributed by atoms with Crippen molar-refractivity contribution in [3.8, 4) is 5.75 Å². The summed E-state index contributed by atoms with van der Waals surface area (Å²) in [6.45, 7) is 5.05. The van der Waals surface area contributed by atoms with Crippen molar-refractivity contribution in [1.29, 1.82) is 0 Å². The summed E-state index contributed by atoms with van der Waals surface area (Å²) in [6, 6.07) is 9.03. The van der Waals surface area contributed by atoms with Crippen molar-refractivity contribution in [3.63, 3.8) is 0 Å². The van der Waals surface area contributed by atoms with Crippen molar-refractivity contribution in [1.82, 2.24) is 4.90 Å². The lowest BCUT2D eigenvalue weighted by Crippen LogP contribution is -2.55. The van der Waals surface area contributed by atoms with E-state index in [4.69, 9.17) is 32.4 Å². The van der Waals surface area contributed by atoms with Crippen LogP contribution in [0.25, 0.3) is 11.0 Å². The first-order valence-corrected chi connectivity index (χ1v) is 13.5. The monoisotopic (exact) mass is 543 g/mol. The largest absolute Gasteiger partial charge is 0.488 e. The predicted molar refractivity (Wildman–Crippen MR) is 145 cm³/mol. The molecule has 1 aromatic heterocycles. The Kier molecular flexibility index (Phi) is 7.27. The van der Waals surface area contributed by atoms with Crippen LogP contribution in [0.5, 0.6) is 5.75 Å². The molecule has 1 amide bonds. The molecule has 1 N–H and O–H groups in total. The van der Waals surface area contributed by atoms with Crippen LogP contribution in [0.3, 0.4) is 0 Å². The molecule has 2 aromatic carbocycles. The van der Waals surface area contributed by atoms with Crippen LogP contribution in [0.15, 0.2) is 39.5 Å². The highest BCUT2D eigenvalue weighted by molar-refractivity contribution is 6.42. The van der Waals surface area contributed by atoms with Gasteiger partial charge in [-0.2, -0.15) is 0 Å². The topological polar surface area (TPSA) is 80.0 Å². The number of hydrogen-bond donors (Lipinski definition) is 1. The molecule has 1 aliphatic heterocycles. The van der Waals surface area contributed by atoms with Crippen LogP contribution in [-0.2, 0) is 17.8 Å². The molecule has 0 spiro atoms. The van der Waals surface area contributed by atoms with Gasteiger partial charge < -0.3 is 19.2 Å². The van der Waals surface area contributed by atoms with Crippen molar-refractivity contribution < 1.29 is 19.1 Å². The summed E-state index contributed by atoms with van der Waals surface area (Å²) in [7, 11) is 0. The lowest BCUT2D eigenvalue weighted by Gasteiger charge is -2.47. The first-order chi connectivity index (χ1) is 17.7. The van der Waals surface area contributed by atoms with E-state index < -0.39 is 11.2 Å². The van der Waals surface area contributed by atoms with Gasteiger partial charge in [0, 0.05) is 30.0 Å². The summed E-state index contributed by atoms with van der Waals surface area (Å²) in [5.41, 5.74) is 2.00. The van der Waals surface area contributed by atoms with E-state index in [0.29, 0.717) is 52.0 Å². The van der Waals surface area contributed by atoms with E-state index in [1.807, 2.05) is 32.0 Å². The highest BCUT2D eigenvalue weighted by atomic mass is 35.5. The molecule has 0 radical (unpaired) electrons. The van der Waals surface area contributed by atoms with Gasteiger partial charge in [-0.05, 0) is 68.5 Å². The summed E-state index contributed by atoms with van der Waals surface area (Å²) >= 11 is 12.1. The third-order valence-corrected chi connectivity index (χ3v) is 8.88. The van der Waals surface area contributed by atoms with Crippen molar-refractivity contribution in [3.05, 3.63) is 73.1 Å². The Morgan fingerprint density at radius 2 is 1.95 bits per heavy atom. The Morgan fingerprint density at radius 3 is 2.73 bits per heavy atom. The van der Waals surface area contributed by atoms with E-state index in [-0.39, 0.29) is 24.9 Å². The zero-order chi connectivity index (χ0) is 26.3. The van der Waals surface area contributed by atoms with E-state index in [1.165, 1.54) is 0 Å². The number of ether oxygens (including phenoxy) is 1. The number of rotatable bonds is 5. The molecule has 1 saturated carbocycles. The standard InChI is InChI=1S/C29H31Cl2NO5/c1-17-21-7-9-25(36-16-19-6-8-23(30)24(31)13-19)18(2)27(21)37-28(34)22(17)14-26(33)32-12-11-29(35)10-4-3-5-20(29)15-32/h6-9,13,20,35H,3-5,10-12,14-16H2,1-2H3/t20-,29+/m0/s1. The summed E-state index contributed by atoms with van der Waals surface area (Å²) < 4.78 is 11.7. The van der Waals surface area contributed by atoms with Gasteiger partial charge in [0.15, 0.2) is 0 Å². The van der Waals surface area contributed by atoms with Crippen LogP contribution in [0.2, 0.25) is 10.0 Å². The second-order valence-corrected chi connectivity index (χ2v) is 11.2. The van der Waals surface area contributed by atoms with Crippen molar-refractivity contribution in [2.75, 3.05) is 13.1 Å². The lowest BCUT2D eigenvalue weighted by atomic mass is 9.71. The smallest absolute Gasteiger partial charge is 0.340 e. The first-order valence-electron chi connectivity index (χ1n) is 12.8. The molecular weight excluding hydrogens is 513 g/mol. The Hall–Kier alpha value is -2.54. The molecule has 0 unspecified atom stereocenters. The number of hydrogen-bond acceptors (Lipinski definition) is 5. The fourth-order valence-corrected chi connectivity index (χ4v) is 6.10. The average Bonchev–Trinajstić information content (AvgIpc) is 2.87. The first kappa shape index (κ1) is 26.1. The number of aliphatic hydroxyl groups is 1. The third kappa shape index (κ3) is 5.12. The van der Waals surface area contributed by atoms with Gasteiger partial charge in [-0.1, -0.05) is 42.1 Å². The minimum absolute atomic E-state index is 0.0100. The van der Waals surface area contributed by atoms with E-state index in [9.17, 15) is 14.7 Å². The highest BCUT2D eigenvalue weighted by Gasteiger charge is 2.43. The molecule has 8 heteroatoms. The van der Waals surface area contributed by atoms with Crippen LogP contribution in [0.1, 0.15) is 54.4 Å². The molecule has 2 atom stereocenters. The van der Waals surface area contributed by atoms with E-state index in [1.54, 1.807) is 17.0 Å². The predicted octanol–water partition coefficient (Wildman–Crippen LogP) is 5.99. The van der Waals surface area contributed by atoms with Gasteiger partial charge in [0.25, 0.3) is 0 Å². The van der Waals surface area contributed by atoms with E-state index >= 15 is 0 Å². The number of benzene rings is 2. The Balaban J connectivity index is 1.34. The average molecular weight is 544 g/mol. The SMILES string of the molecule is Cc1c(CC(=O)N2CC[C@]3(O)CCCC[C@H]3C2)c(=O)oc2c(C)c(OCc3ccc(Cl)c(Cl)c3)ccc12. The lowest BCUT2D eigenvalue weighted by molar-refractivity contribution is -0.142. The van der Waals surface area contributed by atoms with Gasteiger partial charge >= 0.3 is 5.63 Å². The van der Waals surface area contributed by atoms with Gasteiger partial charge in [-0.3, -0.25) is 4.79 Å². The van der Waals surface area contributed by atoms with Crippen molar-refractivity contribution in [2.24, 2.45) is 5.92 Å². The van der Waals surface area contributed by atoms with Crippen molar-refractivity contribution >= 4 is 40.1 Å². The molecule has 2 aliphatic rings. The number of fused-ring (bicyclic) bond motifs is 2. The fraction of sp³-hybridized carbons (Fsp3) is 0.448. The summed E-state index contributed by atoms with van der Waals surface area (Å²) in [6.07, 6.45) is 4.46. The van der Waals surface area contributed by atoms with Gasteiger partial charge in [0.1, 0.15) is 17.9 Å². The molecule has 2 fully saturated rings. The van der Waals surface area contributed by atoms with Gasteiger partial charge in [-0.25, -0.2) is 4.79 Å². The number of aryl methyl sites for hydroxylation is 2. The fourth-order valence-electron chi connectivity index (χ4n) is 5.78. The second kappa shape index (κ2) is 10.3. The highest BCUT2D eigenvalue weighted by Crippen LogP contribution is 2.40. The number of halogens is 2. The van der Waals surface area contributed by atoms with Crippen molar-refractivity contribution in [2.45, 2.75) is 64.6 Å². The van der Waals surface area contributed by atoms with Crippen LogP contribution in [0.4, 0.5) is 0 Å².